The highest BCUT2D eigenvalue weighted by molar-refractivity contribution is 5.80. The first-order chi connectivity index (χ1) is 12.6. The molecule has 0 radical (unpaired) electrons. The zero-order chi connectivity index (χ0) is 19.5. The highest BCUT2D eigenvalue weighted by atomic mass is 16.5. The van der Waals surface area contributed by atoms with Crippen molar-refractivity contribution in [3.05, 3.63) is 0 Å². The van der Waals surface area contributed by atoms with Gasteiger partial charge in [-0.3, -0.25) is 4.79 Å². The maximum absolute atomic E-state index is 12.3. The Hall–Kier alpha value is -1.85. The minimum Gasteiger partial charge on any atom is -0.379 e. The maximum atomic E-state index is 12.3. The van der Waals surface area contributed by atoms with Gasteiger partial charge < -0.3 is 23.7 Å². The number of rotatable bonds is 17. The van der Waals surface area contributed by atoms with Gasteiger partial charge in [0.2, 0.25) is 0 Å². The van der Waals surface area contributed by atoms with E-state index in [1.165, 1.54) is 0 Å². The van der Waals surface area contributed by atoms with Crippen molar-refractivity contribution in [1.29, 1.82) is 0 Å². The fourth-order valence-electron chi connectivity index (χ4n) is 2.17. The Kier molecular flexibility index (Phi) is 15.4. The van der Waals surface area contributed by atoms with Crippen molar-refractivity contribution >= 4 is 5.78 Å². The van der Waals surface area contributed by atoms with Gasteiger partial charge >= 0.3 is 0 Å². The molecule has 0 heterocycles. The third-order valence-corrected chi connectivity index (χ3v) is 3.19. The van der Waals surface area contributed by atoms with Crippen LogP contribution in [0.1, 0.15) is 13.3 Å². The summed E-state index contributed by atoms with van der Waals surface area (Å²) in [6, 6.07) is 0. The molecule has 0 atom stereocenters. The fraction of sp³-hybridized carbons (Fsp3) is 0.650. The van der Waals surface area contributed by atoms with Crippen LogP contribution in [0.15, 0.2) is 0 Å². The second kappa shape index (κ2) is 16.6. The minimum atomic E-state index is -0.745. The quantitative estimate of drug-likeness (QED) is 0.283. The summed E-state index contributed by atoms with van der Waals surface area (Å²) >= 11 is 0. The van der Waals surface area contributed by atoms with E-state index < -0.39 is 5.41 Å². The third-order valence-electron chi connectivity index (χ3n) is 3.19. The molecule has 0 amide bonds. The van der Waals surface area contributed by atoms with Crippen LogP contribution in [-0.4, -0.2) is 71.9 Å². The number of ether oxygens (including phenoxy) is 5. The lowest BCUT2D eigenvalue weighted by Gasteiger charge is -2.32. The van der Waals surface area contributed by atoms with E-state index in [9.17, 15) is 4.79 Å². The van der Waals surface area contributed by atoms with Crippen LogP contribution in [0, 0.1) is 42.4 Å². The Morgan fingerprint density at radius 3 is 1.69 bits per heavy atom. The summed E-state index contributed by atoms with van der Waals surface area (Å²) in [4.78, 5) is 12.3. The van der Waals surface area contributed by atoms with Gasteiger partial charge in [0.05, 0.1) is 33.0 Å². The molecule has 0 saturated carbocycles. The van der Waals surface area contributed by atoms with Gasteiger partial charge in [-0.05, 0) is 6.92 Å². The molecule has 0 aliphatic heterocycles. The first-order valence-corrected chi connectivity index (χ1v) is 8.35. The summed E-state index contributed by atoms with van der Waals surface area (Å²) in [5.41, 5.74) is -0.745. The van der Waals surface area contributed by atoms with E-state index >= 15 is 0 Å². The first-order valence-electron chi connectivity index (χ1n) is 8.35. The molecule has 0 aliphatic carbocycles. The lowest BCUT2D eigenvalue weighted by molar-refractivity contribution is -0.132. The van der Waals surface area contributed by atoms with Crippen LogP contribution in [0.3, 0.4) is 0 Å². The van der Waals surface area contributed by atoms with Gasteiger partial charge in [-0.1, -0.05) is 17.8 Å². The topological polar surface area (TPSA) is 63.2 Å². The number of Topliss-reactive ketones (excluding diaryl/α,β-unsaturated/α-hetero) is 1. The van der Waals surface area contributed by atoms with Crippen LogP contribution >= 0.6 is 0 Å². The van der Waals surface area contributed by atoms with Crippen molar-refractivity contribution in [1.82, 2.24) is 0 Å². The standard InChI is InChI=1S/C20H28O6/c1-5-9-24-16-20(17-25-10-6-2,18-26-11-7-3)14-19(21)15-23-13-12-22-8-4/h1-3H,8-18H2,4H3. The molecule has 0 aromatic carbocycles. The zero-order valence-corrected chi connectivity index (χ0v) is 15.5. The molecular weight excluding hydrogens is 336 g/mol. The molecule has 0 N–H and O–H groups in total. The van der Waals surface area contributed by atoms with E-state index in [2.05, 4.69) is 17.8 Å². The molecule has 0 fully saturated rings. The number of hydrogen-bond acceptors (Lipinski definition) is 6. The molecule has 0 saturated heterocycles. The van der Waals surface area contributed by atoms with Gasteiger partial charge in [-0.25, -0.2) is 0 Å². The number of carbonyl (C=O) groups excluding carboxylic acids is 1. The van der Waals surface area contributed by atoms with Crippen LogP contribution in [0.25, 0.3) is 0 Å². The Labute approximate surface area is 156 Å². The predicted octanol–water partition coefficient (Wildman–Crippen LogP) is 0.935. The molecule has 6 nitrogen and oxygen atoms in total. The van der Waals surface area contributed by atoms with Crippen molar-refractivity contribution < 1.29 is 28.5 Å². The summed E-state index contributed by atoms with van der Waals surface area (Å²) in [6.07, 6.45) is 15.8. The van der Waals surface area contributed by atoms with Crippen LogP contribution in [0.4, 0.5) is 0 Å². The molecule has 0 aromatic rings. The smallest absolute Gasteiger partial charge is 0.159 e. The van der Waals surface area contributed by atoms with Crippen molar-refractivity contribution in [3.8, 4) is 37.0 Å². The summed E-state index contributed by atoms with van der Waals surface area (Å²) < 4.78 is 26.9. The van der Waals surface area contributed by atoms with E-state index in [1.54, 1.807) is 0 Å². The van der Waals surface area contributed by atoms with E-state index in [-0.39, 0.29) is 58.5 Å². The van der Waals surface area contributed by atoms with E-state index in [4.69, 9.17) is 43.0 Å². The predicted molar refractivity (Wildman–Crippen MR) is 98.3 cm³/mol. The lowest BCUT2D eigenvalue weighted by atomic mass is 9.85. The molecule has 0 rings (SSSR count). The van der Waals surface area contributed by atoms with Gasteiger partial charge in [0.15, 0.2) is 5.78 Å². The van der Waals surface area contributed by atoms with Crippen molar-refractivity contribution in [2.45, 2.75) is 13.3 Å². The van der Waals surface area contributed by atoms with Crippen LogP contribution in [-0.2, 0) is 28.5 Å². The highest BCUT2D eigenvalue weighted by Gasteiger charge is 2.34. The molecule has 0 aliphatic rings. The van der Waals surface area contributed by atoms with Gasteiger partial charge in [0, 0.05) is 18.4 Å². The van der Waals surface area contributed by atoms with Crippen LogP contribution < -0.4 is 0 Å². The molecule has 26 heavy (non-hydrogen) atoms. The second-order valence-corrected chi connectivity index (χ2v) is 5.56. The van der Waals surface area contributed by atoms with E-state index in [1.807, 2.05) is 6.92 Å². The number of hydrogen-bond donors (Lipinski definition) is 0. The minimum absolute atomic E-state index is 0.0335. The normalized spacial score (nSPS) is 10.7. The van der Waals surface area contributed by atoms with Crippen LogP contribution in [0.2, 0.25) is 0 Å². The van der Waals surface area contributed by atoms with Crippen molar-refractivity contribution in [3.63, 3.8) is 0 Å². The van der Waals surface area contributed by atoms with Crippen molar-refractivity contribution in [2.24, 2.45) is 5.41 Å². The summed E-state index contributed by atoms with van der Waals surface area (Å²) in [6.45, 7) is 4.13. The zero-order valence-electron chi connectivity index (χ0n) is 15.5. The Balaban J connectivity index is 4.80. The highest BCUT2D eigenvalue weighted by Crippen LogP contribution is 2.25. The largest absolute Gasteiger partial charge is 0.379 e. The van der Waals surface area contributed by atoms with E-state index in [0.717, 1.165) is 0 Å². The molecular formula is C20H28O6. The van der Waals surface area contributed by atoms with Crippen LogP contribution in [0.5, 0.6) is 0 Å². The lowest BCUT2D eigenvalue weighted by Crippen LogP contribution is -2.40. The third kappa shape index (κ3) is 12.5. The Morgan fingerprint density at radius 2 is 1.27 bits per heavy atom. The molecule has 0 bridgehead atoms. The number of ketones is 1. The molecule has 144 valence electrons. The molecule has 0 unspecified atom stereocenters. The Morgan fingerprint density at radius 1 is 0.808 bits per heavy atom. The van der Waals surface area contributed by atoms with E-state index in [0.29, 0.717) is 19.8 Å². The molecule has 0 aromatic heterocycles. The van der Waals surface area contributed by atoms with Gasteiger partial charge in [0.25, 0.3) is 0 Å². The number of terminal acetylenes is 3. The summed E-state index contributed by atoms with van der Waals surface area (Å²) in [5.74, 6) is 7.06. The SMILES string of the molecule is C#CCOCC(COCC#C)(COCC#C)CC(=O)COCCOCC. The van der Waals surface area contributed by atoms with Gasteiger partial charge in [0.1, 0.15) is 26.4 Å². The Bertz CT molecular complexity index is 444. The van der Waals surface area contributed by atoms with Gasteiger partial charge in [-0.15, -0.1) is 19.3 Å². The molecule has 6 heteroatoms. The second-order valence-electron chi connectivity index (χ2n) is 5.56. The average molecular weight is 364 g/mol. The summed E-state index contributed by atoms with van der Waals surface area (Å²) in [5, 5.41) is 0. The average Bonchev–Trinajstić information content (AvgIpc) is 2.62. The van der Waals surface area contributed by atoms with Crippen molar-refractivity contribution in [2.75, 3.05) is 66.1 Å². The fourth-order valence-corrected chi connectivity index (χ4v) is 2.17. The molecule has 0 spiro atoms. The maximum Gasteiger partial charge on any atom is 0.159 e. The van der Waals surface area contributed by atoms with Gasteiger partial charge in [-0.2, -0.15) is 0 Å². The monoisotopic (exact) mass is 364 g/mol. The summed E-state index contributed by atoms with van der Waals surface area (Å²) in [7, 11) is 0. The number of carbonyl (C=O) groups is 1. The first kappa shape index (κ1) is 24.1.